The van der Waals surface area contributed by atoms with Gasteiger partial charge in [0.05, 0.1) is 12.0 Å². The molecule has 0 spiro atoms. The van der Waals surface area contributed by atoms with Gasteiger partial charge in [-0.25, -0.2) is 4.79 Å². The highest BCUT2D eigenvalue weighted by molar-refractivity contribution is 5.86. The molecule has 2 N–H and O–H groups in total. The zero-order valence-electron chi connectivity index (χ0n) is 23.1. The second kappa shape index (κ2) is 12.8. The van der Waals surface area contributed by atoms with Crippen LogP contribution in [0.5, 0.6) is 0 Å². The van der Waals surface area contributed by atoms with Crippen LogP contribution < -0.4 is 5.32 Å². The van der Waals surface area contributed by atoms with Crippen LogP contribution in [0.1, 0.15) is 49.3 Å². The van der Waals surface area contributed by atoms with Gasteiger partial charge in [0.2, 0.25) is 5.91 Å². The summed E-state index contributed by atoms with van der Waals surface area (Å²) in [5, 5.41) is 12.0. The number of carbonyl (C=O) groups excluding carboxylic acids is 2. The molecule has 2 amide bonds. The Morgan fingerprint density at radius 1 is 0.925 bits per heavy atom. The zero-order valence-corrected chi connectivity index (χ0v) is 23.1. The molecule has 0 aromatic heterocycles. The number of rotatable bonds is 12. The maximum atomic E-state index is 13.8. The minimum Gasteiger partial charge on any atom is -0.481 e. The van der Waals surface area contributed by atoms with Crippen LogP contribution in [-0.2, 0) is 25.6 Å². The van der Waals surface area contributed by atoms with Crippen LogP contribution in [0.25, 0.3) is 11.1 Å². The lowest BCUT2D eigenvalue weighted by atomic mass is 9.97. The molecule has 0 radical (unpaired) electrons. The number of benzene rings is 3. The number of carboxylic acids is 1. The molecule has 3 aromatic carbocycles. The number of ether oxygens (including phenoxy) is 2. The number of aliphatic carboxylic acids is 1. The van der Waals surface area contributed by atoms with E-state index in [1.54, 1.807) is 7.11 Å². The van der Waals surface area contributed by atoms with Crippen molar-refractivity contribution in [3.05, 3.63) is 95.6 Å². The van der Waals surface area contributed by atoms with Gasteiger partial charge in [-0.2, -0.15) is 0 Å². The Balaban J connectivity index is 1.50. The van der Waals surface area contributed by atoms with Crippen LogP contribution in [0.4, 0.5) is 4.79 Å². The van der Waals surface area contributed by atoms with Crippen LogP contribution >= 0.6 is 0 Å². The maximum Gasteiger partial charge on any atom is 0.407 e. The molecular formula is C32H36N2O6. The number of fused-ring (bicyclic) bond motifs is 3. The summed E-state index contributed by atoms with van der Waals surface area (Å²) in [4.78, 5) is 39.7. The predicted octanol–water partition coefficient (Wildman–Crippen LogP) is 5.21. The van der Waals surface area contributed by atoms with Gasteiger partial charge < -0.3 is 24.8 Å². The van der Waals surface area contributed by atoms with Gasteiger partial charge in [0.25, 0.3) is 0 Å². The van der Waals surface area contributed by atoms with Crippen molar-refractivity contribution in [1.29, 1.82) is 0 Å². The highest BCUT2D eigenvalue weighted by Gasteiger charge is 2.34. The van der Waals surface area contributed by atoms with Gasteiger partial charge >= 0.3 is 12.1 Å². The molecular weight excluding hydrogens is 508 g/mol. The summed E-state index contributed by atoms with van der Waals surface area (Å²) in [6, 6.07) is 24.5. The molecule has 4 rings (SSSR count). The van der Waals surface area contributed by atoms with Gasteiger partial charge in [0.1, 0.15) is 12.6 Å². The van der Waals surface area contributed by atoms with Crippen molar-refractivity contribution < 1.29 is 29.0 Å². The Labute approximate surface area is 234 Å². The molecule has 8 nitrogen and oxygen atoms in total. The number of alkyl carbamates (subject to hydrolysis) is 1. The van der Waals surface area contributed by atoms with E-state index >= 15 is 0 Å². The van der Waals surface area contributed by atoms with Gasteiger partial charge in [-0.15, -0.1) is 0 Å². The summed E-state index contributed by atoms with van der Waals surface area (Å²) >= 11 is 0. The van der Waals surface area contributed by atoms with E-state index in [1.807, 2.05) is 80.6 Å². The third-order valence-electron chi connectivity index (χ3n) is 7.31. The average Bonchev–Trinajstić information content (AvgIpc) is 3.27. The third-order valence-corrected chi connectivity index (χ3v) is 7.31. The Hall–Kier alpha value is -4.17. The lowest BCUT2D eigenvalue weighted by Gasteiger charge is -2.32. The maximum absolute atomic E-state index is 13.8. The molecule has 8 heteroatoms. The van der Waals surface area contributed by atoms with E-state index in [4.69, 9.17) is 9.47 Å². The molecule has 0 heterocycles. The van der Waals surface area contributed by atoms with Gasteiger partial charge in [-0.3, -0.25) is 9.59 Å². The Bertz CT molecular complexity index is 1290. The van der Waals surface area contributed by atoms with Crippen molar-refractivity contribution >= 4 is 18.0 Å². The fraction of sp³-hybridized carbons (Fsp3) is 0.344. The van der Waals surface area contributed by atoms with Crippen LogP contribution in [0.3, 0.4) is 0 Å². The number of carboxylic acid groups (broad SMARTS) is 1. The first-order valence-corrected chi connectivity index (χ1v) is 13.4. The van der Waals surface area contributed by atoms with Crippen molar-refractivity contribution in [3.8, 4) is 11.1 Å². The lowest BCUT2D eigenvalue weighted by Crippen LogP contribution is -2.52. The number of hydrogen-bond donors (Lipinski definition) is 2. The second-order valence-electron chi connectivity index (χ2n) is 10.6. The summed E-state index contributed by atoms with van der Waals surface area (Å²) in [7, 11) is 1.54. The standard InChI is InChI=1S/C32H36N2O6/c1-32(2,39-3)19-28(30(37)34(18-17-29(35)36)20-22-11-5-4-6-12-22)33-31(38)40-21-27-25-15-9-7-13-23(25)24-14-8-10-16-26(24)27/h4-16,27-28H,17-21H2,1-3H3,(H,33,38)(H,35,36). The first-order chi connectivity index (χ1) is 19.2. The number of hydrogen-bond acceptors (Lipinski definition) is 5. The van der Waals surface area contributed by atoms with Crippen LogP contribution in [0, 0.1) is 0 Å². The Kier molecular flexibility index (Phi) is 9.22. The van der Waals surface area contributed by atoms with Gasteiger partial charge in [0.15, 0.2) is 0 Å². The molecule has 0 saturated heterocycles. The first kappa shape index (κ1) is 28.8. The number of methoxy groups -OCH3 is 1. The fourth-order valence-electron chi connectivity index (χ4n) is 5.08. The highest BCUT2D eigenvalue weighted by atomic mass is 16.5. The van der Waals surface area contributed by atoms with Gasteiger partial charge in [-0.1, -0.05) is 78.9 Å². The number of nitrogens with zero attached hydrogens (tertiary/aromatic N) is 1. The summed E-state index contributed by atoms with van der Waals surface area (Å²) in [6.45, 7) is 3.97. The molecule has 0 saturated carbocycles. The second-order valence-corrected chi connectivity index (χ2v) is 10.6. The van der Waals surface area contributed by atoms with E-state index in [2.05, 4.69) is 17.4 Å². The number of amides is 2. The summed E-state index contributed by atoms with van der Waals surface area (Å²) in [6.07, 6.45) is -0.764. The van der Waals surface area contributed by atoms with Crippen molar-refractivity contribution in [2.24, 2.45) is 0 Å². The fourth-order valence-corrected chi connectivity index (χ4v) is 5.08. The normalized spacial score (nSPS) is 13.2. The van der Waals surface area contributed by atoms with Gasteiger partial charge in [0, 0.05) is 32.5 Å². The monoisotopic (exact) mass is 544 g/mol. The van der Waals surface area contributed by atoms with Gasteiger partial charge in [-0.05, 0) is 41.7 Å². The average molecular weight is 545 g/mol. The lowest BCUT2D eigenvalue weighted by molar-refractivity contribution is -0.140. The summed E-state index contributed by atoms with van der Waals surface area (Å²) in [5.74, 6) is -1.53. The minimum absolute atomic E-state index is 0.000653. The molecule has 1 aliphatic rings. The molecule has 1 aliphatic carbocycles. The zero-order chi connectivity index (χ0) is 28.7. The molecule has 40 heavy (non-hydrogen) atoms. The largest absolute Gasteiger partial charge is 0.481 e. The SMILES string of the molecule is COC(C)(C)CC(NC(=O)OCC1c2ccccc2-c2ccccc21)C(=O)N(CCC(=O)O)Cc1ccccc1. The number of nitrogens with one attached hydrogen (secondary N) is 1. The Morgan fingerprint density at radius 2 is 1.50 bits per heavy atom. The van der Waals surface area contributed by atoms with E-state index < -0.39 is 29.6 Å². The molecule has 0 bridgehead atoms. The van der Waals surface area contributed by atoms with Crippen LogP contribution in [0.2, 0.25) is 0 Å². The van der Waals surface area contributed by atoms with E-state index in [1.165, 1.54) is 4.90 Å². The van der Waals surface area contributed by atoms with E-state index in [0.717, 1.165) is 27.8 Å². The molecule has 1 atom stereocenters. The van der Waals surface area contributed by atoms with E-state index in [0.29, 0.717) is 0 Å². The quantitative estimate of drug-likeness (QED) is 0.324. The molecule has 3 aromatic rings. The van der Waals surface area contributed by atoms with Crippen molar-refractivity contribution in [3.63, 3.8) is 0 Å². The summed E-state index contributed by atoms with van der Waals surface area (Å²) in [5.41, 5.74) is 4.54. The van der Waals surface area contributed by atoms with Crippen molar-refractivity contribution in [2.45, 2.75) is 50.8 Å². The topological polar surface area (TPSA) is 105 Å². The van der Waals surface area contributed by atoms with E-state index in [-0.39, 0.29) is 38.5 Å². The smallest absolute Gasteiger partial charge is 0.407 e. The molecule has 0 aliphatic heterocycles. The van der Waals surface area contributed by atoms with Crippen LogP contribution in [0.15, 0.2) is 78.9 Å². The predicted molar refractivity (Wildman–Crippen MR) is 152 cm³/mol. The van der Waals surface area contributed by atoms with Crippen molar-refractivity contribution in [2.75, 3.05) is 20.3 Å². The molecule has 210 valence electrons. The third kappa shape index (κ3) is 7.07. The first-order valence-electron chi connectivity index (χ1n) is 13.4. The summed E-state index contributed by atoms with van der Waals surface area (Å²) < 4.78 is 11.3. The number of carbonyl (C=O) groups is 3. The van der Waals surface area contributed by atoms with Crippen molar-refractivity contribution in [1.82, 2.24) is 10.2 Å². The Morgan fingerprint density at radius 3 is 2.08 bits per heavy atom. The molecule has 0 fully saturated rings. The van der Waals surface area contributed by atoms with E-state index in [9.17, 15) is 19.5 Å². The molecule has 1 unspecified atom stereocenters. The highest BCUT2D eigenvalue weighted by Crippen LogP contribution is 2.44. The minimum atomic E-state index is -1.01. The van der Waals surface area contributed by atoms with Crippen LogP contribution in [-0.4, -0.2) is 59.9 Å².